The summed E-state index contributed by atoms with van der Waals surface area (Å²) in [4.78, 5) is 228. The quantitative estimate of drug-likeness (QED) is 0.0164. The molecule has 0 radical (unpaired) electrons. The largest absolute Gasteiger partial charge is 0.508 e. The highest BCUT2D eigenvalue weighted by atomic mass is 32.2. The van der Waals surface area contributed by atoms with Crippen molar-refractivity contribution in [1.82, 2.24) is 74.4 Å². The van der Waals surface area contributed by atoms with Crippen LogP contribution in [0.4, 0.5) is 0 Å². The molecule has 117 heavy (non-hydrogen) atoms. The molecule has 0 bridgehead atoms. The molecule has 47 heteroatoms. The van der Waals surface area contributed by atoms with Gasteiger partial charge in [0.2, 0.25) is 82.7 Å². The Labute approximate surface area is 680 Å². The van der Waals surface area contributed by atoms with Crippen molar-refractivity contribution < 1.29 is 107 Å². The van der Waals surface area contributed by atoms with Gasteiger partial charge in [-0.3, -0.25) is 86.9 Å². The molecule has 0 aliphatic carbocycles. The smallest absolute Gasteiger partial charge is 0.328 e. The number of guanidine groups is 3. The van der Waals surface area contributed by atoms with Gasteiger partial charge in [0.05, 0.1) is 38.3 Å². The van der Waals surface area contributed by atoms with Crippen LogP contribution in [0.1, 0.15) is 126 Å². The Hall–Kier alpha value is -11.5. The minimum Gasteiger partial charge on any atom is -0.508 e. The molecule has 14 amide bonds. The van der Waals surface area contributed by atoms with Crippen molar-refractivity contribution >= 4 is 124 Å². The highest BCUT2D eigenvalue weighted by Crippen LogP contribution is 2.16. The Bertz CT molecular complexity index is 3600. The molecule has 0 aliphatic heterocycles. The maximum Gasteiger partial charge on any atom is 0.328 e. The summed E-state index contributed by atoms with van der Waals surface area (Å²) in [7, 11) is 0. The Morgan fingerprint density at radius 2 is 0.778 bits per heavy atom. The van der Waals surface area contributed by atoms with Crippen LogP contribution in [0.25, 0.3) is 0 Å². The lowest BCUT2D eigenvalue weighted by atomic mass is 9.99. The Balaban J connectivity index is 3.32. The molecule has 0 spiro atoms. The summed E-state index contributed by atoms with van der Waals surface area (Å²) in [6, 6.07) is -16.2. The average Bonchev–Trinajstić information content (AvgIpc) is 0.852. The number of rotatable bonds is 55. The predicted molar refractivity (Wildman–Crippen MR) is 427 cm³/mol. The highest BCUT2D eigenvalue weighted by molar-refractivity contribution is 7.98. The molecule has 15 atom stereocenters. The zero-order valence-corrected chi connectivity index (χ0v) is 68.0. The van der Waals surface area contributed by atoms with Crippen molar-refractivity contribution in [2.45, 2.75) is 217 Å². The molecule has 1 aromatic rings. The first-order valence-electron chi connectivity index (χ1n) is 37.5. The van der Waals surface area contributed by atoms with Gasteiger partial charge in [0.15, 0.2) is 23.9 Å². The van der Waals surface area contributed by atoms with Crippen LogP contribution in [-0.4, -0.2) is 285 Å². The van der Waals surface area contributed by atoms with Crippen molar-refractivity contribution in [1.29, 1.82) is 0 Å². The number of aromatic hydroxyl groups is 1. The van der Waals surface area contributed by atoms with Gasteiger partial charge in [-0.25, -0.2) is 4.79 Å². The summed E-state index contributed by atoms with van der Waals surface area (Å²) in [6.45, 7) is 9.50. The molecule has 0 aromatic heterocycles. The Kier molecular flexibility index (Phi) is 47.5. The molecule has 0 aliphatic rings. The second-order valence-corrected chi connectivity index (χ2v) is 29.4. The van der Waals surface area contributed by atoms with Crippen molar-refractivity contribution in [3.05, 3.63) is 29.8 Å². The van der Waals surface area contributed by atoms with E-state index in [4.69, 9.17) is 40.1 Å². The molecule has 0 unspecified atom stereocenters. The third kappa shape index (κ3) is 40.6. The van der Waals surface area contributed by atoms with E-state index in [0.717, 1.165) is 6.92 Å². The molecule has 0 heterocycles. The third-order valence-corrected chi connectivity index (χ3v) is 17.8. The molecule has 0 fully saturated rings. The van der Waals surface area contributed by atoms with Gasteiger partial charge >= 0.3 is 11.9 Å². The molecule has 0 saturated carbocycles. The molecular weight excluding hydrogens is 1560 g/mol. The van der Waals surface area contributed by atoms with Gasteiger partial charge in [0, 0.05) is 26.1 Å². The summed E-state index contributed by atoms with van der Waals surface area (Å²) in [5.74, 6) is -19.9. The maximum atomic E-state index is 14.4. The van der Waals surface area contributed by atoms with E-state index in [9.17, 15) is 107 Å². The number of carbonyl (C=O) groups excluding carboxylic acids is 14. The first-order chi connectivity index (χ1) is 54.8. The number of carboxylic acids is 2. The standard InChI is InChI=1S/C70H120N24O22S/c1-32(2)26-44(57(105)81-29-49(99)84-47(30-95)64(112)90-46(28-50(100)101)62(110)93-51(33(3)4)65(113)87-43(16-13-24-80-70(76)77)60(108)92-52(34(5)6)66(114)94-53(37(9)97)67(115)116)88-54(102)35(7)83-63(111)48(31-96)91-55(103)36(8)82-58(106)41(14-11-22-78-68(72)73)86-61(109)45(27-38-17-19-39(98)20-18-38)89-59(107)42(15-12-23-79-69(74)75)85-56(104)40(71)21-25-117-10/h17-20,32-37,40-48,51-53,95-98H,11-16,21-31,71H2,1-10H3,(H,81,105)(H,82,106)(H,83,111)(H,84,99)(H,85,104)(H,86,109)(H,87,113)(H,88,102)(H,89,107)(H,90,112)(H,91,103)(H,92,108)(H,93,110)(H,94,114)(H,100,101)(H,115,116)(H4,72,73,78)(H4,74,75,79)(H4,76,77,80)/t35-,36-,37+,40-,41-,42-,43-,44-,45-,46-,47-,48-,51-,52-,53-/m0/s1. The number of hydrogen-bond donors (Lipinski definition) is 27. The fourth-order valence-corrected chi connectivity index (χ4v) is 11.2. The van der Waals surface area contributed by atoms with E-state index in [-0.39, 0.29) is 107 Å². The SMILES string of the molecule is CSCC[C@H](N)C(=O)N[C@@H](CCCN=C(N)N)C(=O)N[C@@H](Cc1ccc(O)cc1)C(=O)N[C@@H](CCCN=C(N)N)C(=O)N[C@@H](C)C(=O)N[C@@H](CO)C(=O)N[C@@H](C)C(=O)N[C@@H](CC(C)C)C(=O)NCC(=O)N[C@@H](CO)C(=O)N[C@@H](CC(=O)O)C(=O)N[C@H](C(=O)N[C@@H](CCCN=C(N)N)C(=O)N[C@H](C(=O)N[C@H](C(=O)O)[C@@H](C)O)C(C)C)C(C)C. The number of aliphatic hydroxyl groups is 3. The van der Waals surface area contributed by atoms with Gasteiger partial charge in [-0.05, 0) is 120 Å². The van der Waals surface area contributed by atoms with Gasteiger partial charge in [-0.1, -0.05) is 53.7 Å². The lowest BCUT2D eigenvalue weighted by Gasteiger charge is -2.29. The second-order valence-electron chi connectivity index (χ2n) is 28.4. The van der Waals surface area contributed by atoms with Gasteiger partial charge < -0.3 is 145 Å². The van der Waals surface area contributed by atoms with Crippen LogP contribution in [0, 0.1) is 17.8 Å². The number of aliphatic carboxylic acids is 2. The molecular formula is C70H120N24O22S. The number of carbonyl (C=O) groups is 16. The summed E-state index contributed by atoms with van der Waals surface area (Å²) in [5.41, 5.74) is 39.4. The van der Waals surface area contributed by atoms with E-state index in [1.165, 1.54) is 77.6 Å². The summed E-state index contributed by atoms with van der Waals surface area (Å²) >= 11 is 1.45. The summed E-state index contributed by atoms with van der Waals surface area (Å²) < 4.78 is 0. The van der Waals surface area contributed by atoms with Crippen molar-refractivity contribution in [2.75, 3.05) is 51.4 Å². The molecule has 1 aromatic carbocycles. The van der Waals surface area contributed by atoms with Crippen LogP contribution < -0.4 is 115 Å². The first kappa shape index (κ1) is 104. The number of phenols is 1. The Morgan fingerprint density at radius 1 is 0.419 bits per heavy atom. The number of nitrogens with one attached hydrogen (secondary N) is 14. The molecule has 1 rings (SSSR count). The zero-order valence-electron chi connectivity index (χ0n) is 67.2. The van der Waals surface area contributed by atoms with E-state index in [0.29, 0.717) is 11.3 Å². The fraction of sp³-hybridized carbons (Fsp3) is 0.643. The topological polar surface area (TPSA) is 782 Å². The Morgan fingerprint density at radius 3 is 1.20 bits per heavy atom. The van der Waals surface area contributed by atoms with Crippen LogP contribution in [0.5, 0.6) is 5.75 Å². The number of aliphatic imine (C=N–C) groups is 3. The van der Waals surface area contributed by atoms with Crippen LogP contribution >= 0.6 is 11.8 Å². The van der Waals surface area contributed by atoms with E-state index < -0.39 is 223 Å². The minimum absolute atomic E-state index is 0.0284. The lowest BCUT2D eigenvalue weighted by Crippen LogP contribution is -2.61. The van der Waals surface area contributed by atoms with Gasteiger partial charge in [-0.2, -0.15) is 11.8 Å². The van der Waals surface area contributed by atoms with Crippen molar-refractivity contribution in [3.8, 4) is 5.75 Å². The number of nitrogens with zero attached hydrogens (tertiary/aromatic N) is 3. The summed E-state index contributed by atoms with van der Waals surface area (Å²) in [6.07, 6.45) is -1.09. The van der Waals surface area contributed by atoms with E-state index >= 15 is 0 Å². The number of thioether (sulfide) groups is 1. The van der Waals surface area contributed by atoms with E-state index in [1.807, 2.05) is 6.26 Å². The number of aliphatic hydroxyl groups excluding tert-OH is 3. The minimum atomic E-state index is -2.02. The number of benzene rings is 1. The van der Waals surface area contributed by atoms with Crippen LogP contribution in [0.15, 0.2) is 39.2 Å². The van der Waals surface area contributed by atoms with Crippen LogP contribution in [0.3, 0.4) is 0 Å². The normalized spacial score (nSPS) is 14.9. The van der Waals surface area contributed by atoms with Crippen LogP contribution in [0.2, 0.25) is 0 Å². The third-order valence-electron chi connectivity index (χ3n) is 17.2. The predicted octanol–water partition coefficient (Wildman–Crippen LogP) is -10.1. The number of carboxylic acid groups (broad SMARTS) is 2. The zero-order chi connectivity index (χ0) is 89.1. The molecule has 34 N–H and O–H groups in total. The number of hydrogen-bond acceptors (Lipinski definition) is 25. The van der Waals surface area contributed by atoms with Gasteiger partial charge in [-0.15, -0.1) is 0 Å². The lowest BCUT2D eigenvalue weighted by molar-refractivity contribution is -0.145. The van der Waals surface area contributed by atoms with Crippen LogP contribution in [-0.2, 0) is 83.1 Å². The number of amides is 14. The molecule has 658 valence electrons. The monoisotopic (exact) mass is 1680 g/mol. The maximum absolute atomic E-state index is 14.4. The number of phenolic OH excluding ortho intramolecular Hbond substituents is 1. The first-order valence-corrected chi connectivity index (χ1v) is 38.9. The van der Waals surface area contributed by atoms with E-state index in [2.05, 4.69) is 89.4 Å². The summed E-state index contributed by atoms with van der Waals surface area (Å²) in [5, 5.41) is 93.1. The average molecular weight is 1680 g/mol. The van der Waals surface area contributed by atoms with Crippen molar-refractivity contribution in [2.24, 2.45) is 72.9 Å². The second kappa shape index (κ2) is 53.6. The molecule has 46 nitrogen and oxygen atoms in total. The van der Waals surface area contributed by atoms with E-state index in [1.54, 1.807) is 13.8 Å². The van der Waals surface area contributed by atoms with Gasteiger partial charge in [0.25, 0.3) is 0 Å². The highest BCUT2D eigenvalue weighted by Gasteiger charge is 2.39. The fourth-order valence-electron chi connectivity index (χ4n) is 10.7. The van der Waals surface area contributed by atoms with Crippen molar-refractivity contribution in [3.63, 3.8) is 0 Å². The van der Waals surface area contributed by atoms with Gasteiger partial charge in [0.1, 0.15) is 78.3 Å². The molecule has 0 saturated heterocycles. The number of nitrogens with two attached hydrogens (primary N) is 7.